The summed E-state index contributed by atoms with van der Waals surface area (Å²) in [6.07, 6.45) is 5.43. The lowest BCUT2D eigenvalue weighted by Crippen LogP contribution is -2.32. The van der Waals surface area contributed by atoms with Crippen molar-refractivity contribution in [1.29, 1.82) is 0 Å². The van der Waals surface area contributed by atoms with Crippen LogP contribution in [0.4, 0.5) is 0 Å². The van der Waals surface area contributed by atoms with Crippen molar-refractivity contribution in [3.63, 3.8) is 0 Å². The van der Waals surface area contributed by atoms with Gasteiger partial charge < -0.3 is 21.7 Å². The largest absolute Gasteiger partial charge is 0.480 e. The second kappa shape index (κ2) is 12.6. The standard InChI is InChI=1S/C16H28N2O6/c17-13(15(21)22)9-11(19)7-5-3-1-2-4-6-8-12(20)10-14(18)16(23)24/h13-14H,1-10,17-18H2,(H,21,22)(H,23,24). The quantitative estimate of drug-likeness (QED) is 0.318. The van der Waals surface area contributed by atoms with Crippen LogP contribution in [0.15, 0.2) is 0 Å². The van der Waals surface area contributed by atoms with Gasteiger partial charge in [-0.05, 0) is 12.8 Å². The normalized spacial score (nSPS) is 13.2. The molecule has 2 atom stereocenters. The molecule has 0 fully saturated rings. The van der Waals surface area contributed by atoms with Gasteiger partial charge in [0.15, 0.2) is 0 Å². The van der Waals surface area contributed by atoms with E-state index in [2.05, 4.69) is 0 Å². The highest BCUT2D eigenvalue weighted by molar-refractivity contribution is 5.86. The van der Waals surface area contributed by atoms with Crippen LogP contribution in [0, 0.1) is 0 Å². The van der Waals surface area contributed by atoms with Crippen molar-refractivity contribution in [2.75, 3.05) is 0 Å². The predicted molar refractivity (Wildman–Crippen MR) is 87.4 cm³/mol. The van der Waals surface area contributed by atoms with Crippen molar-refractivity contribution in [2.24, 2.45) is 11.5 Å². The average Bonchev–Trinajstić information content (AvgIpc) is 2.49. The van der Waals surface area contributed by atoms with Crippen LogP contribution in [0.1, 0.15) is 64.2 Å². The van der Waals surface area contributed by atoms with E-state index in [9.17, 15) is 19.2 Å². The molecule has 0 saturated carbocycles. The number of unbranched alkanes of at least 4 members (excludes halogenated alkanes) is 5. The molecule has 138 valence electrons. The first-order chi connectivity index (χ1) is 11.2. The van der Waals surface area contributed by atoms with Crippen molar-refractivity contribution in [3.05, 3.63) is 0 Å². The number of hydrogen-bond acceptors (Lipinski definition) is 6. The first-order valence-corrected chi connectivity index (χ1v) is 8.24. The summed E-state index contributed by atoms with van der Waals surface area (Å²) in [6, 6.07) is -2.24. The summed E-state index contributed by atoms with van der Waals surface area (Å²) in [5.41, 5.74) is 10.6. The first kappa shape index (κ1) is 22.2. The number of ketones is 2. The molecule has 0 aliphatic rings. The topological polar surface area (TPSA) is 161 Å². The van der Waals surface area contributed by atoms with Gasteiger partial charge in [0.1, 0.15) is 23.7 Å². The Balaban J connectivity index is 3.51. The number of aliphatic carboxylic acids is 2. The summed E-state index contributed by atoms with van der Waals surface area (Å²) in [5.74, 6) is -2.60. The lowest BCUT2D eigenvalue weighted by atomic mass is 10.0. The number of Topliss-reactive ketones (excluding diaryl/α,β-unsaturated/α-hetero) is 2. The molecule has 0 aromatic rings. The van der Waals surface area contributed by atoms with Crippen molar-refractivity contribution in [2.45, 2.75) is 76.3 Å². The van der Waals surface area contributed by atoms with Crippen molar-refractivity contribution >= 4 is 23.5 Å². The molecule has 0 aliphatic carbocycles. The molecular formula is C16H28N2O6. The third kappa shape index (κ3) is 11.7. The Hall–Kier alpha value is -1.80. The van der Waals surface area contributed by atoms with E-state index < -0.39 is 24.0 Å². The van der Waals surface area contributed by atoms with Crippen molar-refractivity contribution < 1.29 is 29.4 Å². The predicted octanol–water partition coefficient (Wildman–Crippen LogP) is 0.849. The summed E-state index contributed by atoms with van der Waals surface area (Å²) in [7, 11) is 0. The van der Waals surface area contributed by atoms with E-state index in [4.69, 9.17) is 21.7 Å². The fourth-order valence-electron chi connectivity index (χ4n) is 2.22. The zero-order chi connectivity index (χ0) is 18.5. The van der Waals surface area contributed by atoms with Gasteiger partial charge in [0.05, 0.1) is 0 Å². The molecule has 2 unspecified atom stereocenters. The van der Waals surface area contributed by atoms with E-state index in [0.29, 0.717) is 25.7 Å². The molecule has 0 rings (SSSR count). The van der Waals surface area contributed by atoms with Gasteiger partial charge in [-0.3, -0.25) is 19.2 Å². The van der Waals surface area contributed by atoms with Gasteiger partial charge in [0.25, 0.3) is 0 Å². The van der Waals surface area contributed by atoms with Crippen LogP contribution in [0.3, 0.4) is 0 Å². The number of carboxylic acids is 2. The zero-order valence-corrected chi connectivity index (χ0v) is 13.9. The van der Waals surface area contributed by atoms with Gasteiger partial charge in [-0.2, -0.15) is 0 Å². The van der Waals surface area contributed by atoms with Crippen molar-refractivity contribution in [3.8, 4) is 0 Å². The van der Waals surface area contributed by atoms with E-state index >= 15 is 0 Å². The molecule has 0 saturated heterocycles. The molecule has 0 spiro atoms. The SMILES string of the molecule is NC(CC(=O)CCCCCCCCC(=O)CC(N)C(=O)O)C(=O)O. The van der Waals surface area contributed by atoms with Crippen LogP contribution in [-0.4, -0.2) is 45.8 Å². The molecular weight excluding hydrogens is 316 g/mol. The van der Waals surface area contributed by atoms with E-state index in [1.807, 2.05) is 0 Å². The van der Waals surface area contributed by atoms with Gasteiger partial charge in [-0.1, -0.05) is 25.7 Å². The van der Waals surface area contributed by atoms with E-state index in [0.717, 1.165) is 25.7 Å². The maximum absolute atomic E-state index is 11.5. The Labute approximate surface area is 141 Å². The molecule has 0 radical (unpaired) electrons. The Bertz CT molecular complexity index is 398. The van der Waals surface area contributed by atoms with Crippen LogP contribution in [-0.2, 0) is 19.2 Å². The second-order valence-corrected chi connectivity index (χ2v) is 6.00. The highest BCUT2D eigenvalue weighted by atomic mass is 16.4. The Morgan fingerprint density at radius 3 is 1.21 bits per heavy atom. The number of rotatable bonds is 15. The molecule has 0 bridgehead atoms. The number of carbonyl (C=O) groups excluding carboxylic acids is 2. The zero-order valence-electron chi connectivity index (χ0n) is 13.9. The summed E-state index contributed by atoms with van der Waals surface area (Å²) in [5, 5.41) is 17.2. The second-order valence-electron chi connectivity index (χ2n) is 6.00. The highest BCUT2D eigenvalue weighted by Crippen LogP contribution is 2.11. The van der Waals surface area contributed by atoms with Crippen LogP contribution in [0.25, 0.3) is 0 Å². The minimum atomic E-state index is -1.16. The van der Waals surface area contributed by atoms with Gasteiger partial charge in [-0.25, -0.2) is 0 Å². The minimum Gasteiger partial charge on any atom is -0.480 e. The van der Waals surface area contributed by atoms with Crippen LogP contribution in [0.5, 0.6) is 0 Å². The van der Waals surface area contributed by atoms with Gasteiger partial charge in [0, 0.05) is 25.7 Å². The molecule has 24 heavy (non-hydrogen) atoms. The molecule has 0 aromatic heterocycles. The van der Waals surface area contributed by atoms with Gasteiger partial charge in [-0.15, -0.1) is 0 Å². The summed E-state index contributed by atoms with van der Waals surface area (Å²) < 4.78 is 0. The molecule has 6 N–H and O–H groups in total. The Morgan fingerprint density at radius 1 is 0.625 bits per heavy atom. The third-order valence-corrected chi connectivity index (χ3v) is 3.69. The number of carboxylic acid groups (broad SMARTS) is 2. The lowest BCUT2D eigenvalue weighted by Gasteiger charge is -2.06. The van der Waals surface area contributed by atoms with E-state index in [1.54, 1.807) is 0 Å². The average molecular weight is 344 g/mol. The number of carbonyl (C=O) groups is 4. The fraction of sp³-hybridized carbons (Fsp3) is 0.750. The molecule has 8 heteroatoms. The summed E-state index contributed by atoms with van der Waals surface area (Å²) >= 11 is 0. The number of hydrogen-bond donors (Lipinski definition) is 4. The maximum Gasteiger partial charge on any atom is 0.320 e. The highest BCUT2D eigenvalue weighted by Gasteiger charge is 2.16. The monoisotopic (exact) mass is 344 g/mol. The molecule has 0 amide bonds. The van der Waals surface area contributed by atoms with Crippen molar-refractivity contribution in [1.82, 2.24) is 0 Å². The maximum atomic E-state index is 11.5. The first-order valence-electron chi connectivity index (χ1n) is 8.24. The van der Waals surface area contributed by atoms with Crippen LogP contribution < -0.4 is 11.5 Å². The van der Waals surface area contributed by atoms with Crippen LogP contribution in [0.2, 0.25) is 0 Å². The lowest BCUT2D eigenvalue weighted by molar-refractivity contribution is -0.140. The minimum absolute atomic E-state index is 0.129. The molecule has 8 nitrogen and oxygen atoms in total. The fourth-order valence-corrected chi connectivity index (χ4v) is 2.22. The molecule has 0 heterocycles. The summed E-state index contributed by atoms with van der Waals surface area (Å²) in [6.45, 7) is 0. The summed E-state index contributed by atoms with van der Waals surface area (Å²) in [4.78, 5) is 44.0. The van der Waals surface area contributed by atoms with Gasteiger partial charge in [0.2, 0.25) is 0 Å². The Morgan fingerprint density at radius 2 is 0.917 bits per heavy atom. The van der Waals surface area contributed by atoms with E-state index in [-0.39, 0.29) is 24.4 Å². The van der Waals surface area contributed by atoms with Crippen LogP contribution >= 0.6 is 0 Å². The third-order valence-electron chi connectivity index (χ3n) is 3.69. The Kier molecular flexibility index (Phi) is 11.7. The number of nitrogens with two attached hydrogens (primary N) is 2. The van der Waals surface area contributed by atoms with Gasteiger partial charge >= 0.3 is 11.9 Å². The smallest absolute Gasteiger partial charge is 0.320 e. The van der Waals surface area contributed by atoms with E-state index in [1.165, 1.54) is 0 Å². The molecule has 0 aliphatic heterocycles. The molecule has 0 aromatic carbocycles.